The Balaban J connectivity index is 1.76. The van der Waals surface area contributed by atoms with Gasteiger partial charge in [-0.2, -0.15) is 0 Å². The molecule has 0 spiro atoms. The van der Waals surface area contributed by atoms with Crippen LogP contribution in [0.3, 0.4) is 0 Å². The second-order valence-corrected chi connectivity index (χ2v) is 4.10. The van der Waals surface area contributed by atoms with Crippen molar-refractivity contribution < 1.29 is 4.74 Å². The highest BCUT2D eigenvalue weighted by Gasteiger charge is 2.33. The maximum Gasteiger partial charge on any atom is 0.0510 e. The number of nitrogens with zero attached hydrogens (tertiary/aromatic N) is 4. The maximum atomic E-state index is 8.17. The van der Waals surface area contributed by atoms with Crippen LogP contribution < -0.4 is 0 Å². The summed E-state index contributed by atoms with van der Waals surface area (Å²) in [5.41, 5.74) is 8.17. The first kappa shape index (κ1) is 9.77. The van der Waals surface area contributed by atoms with Crippen LogP contribution in [-0.2, 0) is 4.74 Å². The third-order valence-corrected chi connectivity index (χ3v) is 3.22. The lowest BCUT2D eigenvalue weighted by Crippen LogP contribution is -2.41. The highest BCUT2D eigenvalue weighted by atomic mass is 16.5. The van der Waals surface area contributed by atoms with E-state index in [4.69, 9.17) is 10.3 Å². The molecule has 0 bridgehead atoms. The molecule has 0 aliphatic carbocycles. The molecular formula is C9H16N4O. The first-order valence-corrected chi connectivity index (χ1v) is 5.21. The second kappa shape index (κ2) is 4.64. The summed E-state index contributed by atoms with van der Waals surface area (Å²) in [6.45, 7) is 5.61. The van der Waals surface area contributed by atoms with E-state index < -0.39 is 0 Å². The van der Waals surface area contributed by atoms with Crippen molar-refractivity contribution in [3.05, 3.63) is 10.4 Å². The molecule has 0 aromatic rings. The molecule has 0 amide bonds. The predicted octanol–water partition coefficient (Wildman–Crippen LogP) is 1.27. The van der Waals surface area contributed by atoms with Gasteiger partial charge in [0.2, 0.25) is 0 Å². The van der Waals surface area contributed by atoms with E-state index in [9.17, 15) is 0 Å². The van der Waals surface area contributed by atoms with Crippen LogP contribution in [-0.4, -0.2) is 44.3 Å². The molecule has 2 heterocycles. The van der Waals surface area contributed by atoms with Gasteiger partial charge in [0.05, 0.1) is 6.61 Å². The second-order valence-electron chi connectivity index (χ2n) is 4.10. The zero-order chi connectivity index (χ0) is 9.80. The average molecular weight is 196 g/mol. The van der Waals surface area contributed by atoms with Crippen molar-refractivity contribution in [1.82, 2.24) is 4.90 Å². The smallest absolute Gasteiger partial charge is 0.0510 e. The fourth-order valence-electron chi connectivity index (χ4n) is 2.37. The SMILES string of the molecule is [N-]=[N+]=NCCN1CC[C@@H]2COC[C@H]2C1. The fraction of sp³-hybridized carbons (Fsp3) is 1.00. The van der Waals surface area contributed by atoms with Crippen LogP contribution in [0.1, 0.15) is 6.42 Å². The lowest BCUT2D eigenvalue weighted by atomic mass is 9.89. The summed E-state index contributed by atoms with van der Waals surface area (Å²) in [6, 6.07) is 0. The number of azide groups is 1. The summed E-state index contributed by atoms with van der Waals surface area (Å²) in [5.74, 6) is 1.50. The molecule has 0 unspecified atom stereocenters. The Labute approximate surface area is 83.7 Å². The zero-order valence-corrected chi connectivity index (χ0v) is 8.30. The van der Waals surface area contributed by atoms with Crippen molar-refractivity contribution in [2.75, 3.05) is 39.4 Å². The van der Waals surface area contributed by atoms with Crippen LogP contribution in [0.5, 0.6) is 0 Å². The van der Waals surface area contributed by atoms with E-state index in [2.05, 4.69) is 14.9 Å². The highest BCUT2D eigenvalue weighted by Crippen LogP contribution is 2.28. The van der Waals surface area contributed by atoms with Crippen LogP contribution in [0.15, 0.2) is 5.11 Å². The Kier molecular flexibility index (Phi) is 3.24. The third kappa shape index (κ3) is 2.18. The molecule has 2 saturated heterocycles. The number of piperidine rings is 1. The monoisotopic (exact) mass is 196 g/mol. The minimum Gasteiger partial charge on any atom is -0.381 e. The number of hydrogen-bond acceptors (Lipinski definition) is 3. The Bertz CT molecular complexity index is 239. The molecule has 2 aliphatic rings. The molecule has 78 valence electrons. The molecule has 2 aliphatic heterocycles. The summed E-state index contributed by atoms with van der Waals surface area (Å²) in [6.07, 6.45) is 1.24. The molecule has 2 fully saturated rings. The lowest BCUT2D eigenvalue weighted by Gasteiger charge is -2.33. The quantitative estimate of drug-likeness (QED) is 0.387. The molecule has 0 radical (unpaired) electrons. The van der Waals surface area contributed by atoms with Gasteiger partial charge in [-0.05, 0) is 24.4 Å². The van der Waals surface area contributed by atoms with Gasteiger partial charge in [-0.1, -0.05) is 5.11 Å². The van der Waals surface area contributed by atoms with Crippen LogP contribution >= 0.6 is 0 Å². The Morgan fingerprint density at radius 3 is 3.14 bits per heavy atom. The van der Waals surface area contributed by atoms with E-state index in [0.29, 0.717) is 6.54 Å². The Morgan fingerprint density at radius 1 is 1.43 bits per heavy atom. The van der Waals surface area contributed by atoms with E-state index in [1.54, 1.807) is 0 Å². The molecule has 0 aromatic heterocycles. The highest BCUT2D eigenvalue weighted by molar-refractivity contribution is 4.83. The molecule has 0 N–H and O–H groups in total. The van der Waals surface area contributed by atoms with E-state index in [-0.39, 0.29) is 0 Å². The number of ether oxygens (including phenoxy) is 1. The standard InChI is InChI=1S/C9H16N4O/c10-12-11-2-4-13-3-1-8-6-14-7-9(8)5-13/h8-9H,1-7H2/t8-,9-/m1/s1. The zero-order valence-electron chi connectivity index (χ0n) is 8.30. The predicted molar refractivity (Wildman–Crippen MR) is 52.9 cm³/mol. The molecule has 14 heavy (non-hydrogen) atoms. The summed E-state index contributed by atoms with van der Waals surface area (Å²) in [7, 11) is 0. The van der Waals surface area contributed by atoms with Gasteiger partial charge in [0.15, 0.2) is 0 Å². The fourth-order valence-corrected chi connectivity index (χ4v) is 2.37. The molecule has 2 rings (SSSR count). The van der Waals surface area contributed by atoms with Gasteiger partial charge in [0.1, 0.15) is 0 Å². The van der Waals surface area contributed by atoms with E-state index >= 15 is 0 Å². The minimum absolute atomic E-state index is 0.592. The minimum atomic E-state index is 0.592. The van der Waals surface area contributed by atoms with E-state index in [1.165, 1.54) is 6.42 Å². The number of rotatable bonds is 3. The average Bonchev–Trinajstić information content (AvgIpc) is 2.65. The van der Waals surface area contributed by atoms with Crippen LogP contribution in [0.2, 0.25) is 0 Å². The van der Waals surface area contributed by atoms with Crippen LogP contribution in [0.4, 0.5) is 0 Å². The van der Waals surface area contributed by atoms with Gasteiger partial charge in [0, 0.05) is 37.1 Å². The summed E-state index contributed by atoms with van der Waals surface area (Å²) < 4.78 is 5.46. The lowest BCUT2D eigenvalue weighted by molar-refractivity contribution is 0.150. The van der Waals surface area contributed by atoms with Crippen molar-refractivity contribution in [2.45, 2.75) is 6.42 Å². The van der Waals surface area contributed by atoms with Gasteiger partial charge >= 0.3 is 0 Å². The Hall–Kier alpha value is -0.770. The molecule has 0 saturated carbocycles. The molecule has 5 heteroatoms. The number of fused-ring (bicyclic) bond motifs is 1. The molecule has 5 nitrogen and oxygen atoms in total. The number of hydrogen-bond donors (Lipinski definition) is 0. The topological polar surface area (TPSA) is 61.2 Å². The first-order chi connectivity index (χ1) is 6.90. The largest absolute Gasteiger partial charge is 0.381 e. The summed E-state index contributed by atoms with van der Waals surface area (Å²) in [4.78, 5) is 5.14. The molecule has 2 atom stereocenters. The van der Waals surface area contributed by atoms with Gasteiger partial charge < -0.3 is 9.64 Å². The van der Waals surface area contributed by atoms with Crippen molar-refractivity contribution in [3.8, 4) is 0 Å². The van der Waals surface area contributed by atoms with Crippen molar-refractivity contribution in [3.63, 3.8) is 0 Å². The van der Waals surface area contributed by atoms with Crippen LogP contribution in [0, 0.1) is 11.8 Å². The molecular weight excluding hydrogens is 180 g/mol. The van der Waals surface area contributed by atoms with Crippen molar-refractivity contribution >= 4 is 0 Å². The van der Waals surface area contributed by atoms with Crippen molar-refractivity contribution in [2.24, 2.45) is 17.0 Å². The normalized spacial score (nSPS) is 32.3. The molecule has 0 aromatic carbocycles. The third-order valence-electron chi connectivity index (χ3n) is 3.22. The maximum absolute atomic E-state index is 8.17. The Morgan fingerprint density at radius 2 is 2.29 bits per heavy atom. The van der Waals surface area contributed by atoms with Gasteiger partial charge in [-0.15, -0.1) is 0 Å². The first-order valence-electron chi connectivity index (χ1n) is 5.21. The van der Waals surface area contributed by atoms with Gasteiger partial charge in [0.25, 0.3) is 0 Å². The number of likely N-dealkylation sites (tertiary alicyclic amines) is 1. The van der Waals surface area contributed by atoms with Gasteiger partial charge in [-0.25, -0.2) is 0 Å². The summed E-state index contributed by atoms with van der Waals surface area (Å²) in [5, 5.41) is 3.56. The van der Waals surface area contributed by atoms with Crippen LogP contribution in [0.25, 0.3) is 10.4 Å². The summed E-state index contributed by atoms with van der Waals surface area (Å²) >= 11 is 0. The van der Waals surface area contributed by atoms with Gasteiger partial charge in [-0.3, -0.25) is 0 Å². The van der Waals surface area contributed by atoms with E-state index in [1.807, 2.05) is 0 Å². The van der Waals surface area contributed by atoms with Crippen molar-refractivity contribution in [1.29, 1.82) is 0 Å². The van der Waals surface area contributed by atoms with E-state index in [0.717, 1.165) is 44.7 Å².